The van der Waals surface area contributed by atoms with Crippen molar-refractivity contribution in [2.24, 2.45) is 0 Å². The summed E-state index contributed by atoms with van der Waals surface area (Å²) >= 11 is 14.3. The molecule has 0 amide bonds. The molecule has 0 bridgehead atoms. The van der Waals surface area contributed by atoms with Crippen molar-refractivity contribution in [1.82, 2.24) is 0 Å². The number of hydrogen-bond acceptors (Lipinski definition) is 4. The predicted molar refractivity (Wildman–Crippen MR) is 248 cm³/mol. The van der Waals surface area contributed by atoms with E-state index in [1.54, 1.807) is 6.07 Å². The average molecular weight is 1240 g/mol. The van der Waals surface area contributed by atoms with Gasteiger partial charge in [0.1, 0.15) is 62.4 Å². The third-order valence-electron chi connectivity index (χ3n) is 9.05. The molecule has 0 heterocycles. The van der Waals surface area contributed by atoms with Crippen LogP contribution >= 0.6 is 102 Å². The van der Waals surface area contributed by atoms with E-state index in [0.717, 1.165) is 63.0 Å². The van der Waals surface area contributed by atoms with Crippen molar-refractivity contribution in [1.29, 1.82) is 0 Å². The molecule has 292 valence electrons. The first-order valence-electron chi connectivity index (χ1n) is 16.9. The van der Waals surface area contributed by atoms with Crippen LogP contribution in [0.25, 0.3) is 0 Å². The summed E-state index contributed by atoms with van der Waals surface area (Å²) < 4.78 is 73.3. The van der Waals surface area contributed by atoms with Crippen LogP contribution in [0.3, 0.4) is 0 Å². The van der Waals surface area contributed by atoms with E-state index in [4.69, 9.17) is 30.9 Å². The van der Waals surface area contributed by atoms with Gasteiger partial charge in [-0.3, -0.25) is 0 Å². The normalized spacial score (nSPS) is 11.2. The fraction of sp³-hybridized carbons (Fsp3) is 0.368. The SMILES string of the molecule is CC[Si](CC)(CCl)COc1c(C)cc(F)cc1I.CC[Si](CC)(COc1ccc(F)cc1I)COc1c(C)cc(F)cc1I.Oc1ccc(F)cc1I. The second-order valence-corrected chi connectivity index (χ2v) is 28.1. The van der Waals surface area contributed by atoms with Crippen LogP contribution < -0.4 is 14.2 Å². The molecule has 0 aromatic heterocycles. The van der Waals surface area contributed by atoms with Gasteiger partial charge in [-0.05, 0) is 176 Å². The molecule has 53 heavy (non-hydrogen) atoms. The summed E-state index contributed by atoms with van der Waals surface area (Å²) in [6.07, 6.45) is 1.94. The Hall–Kier alpha value is -0.556. The molecule has 0 aliphatic heterocycles. The van der Waals surface area contributed by atoms with E-state index in [9.17, 15) is 17.6 Å². The van der Waals surface area contributed by atoms with Crippen molar-refractivity contribution in [3.05, 3.63) is 109 Å². The van der Waals surface area contributed by atoms with E-state index in [1.165, 1.54) is 54.6 Å². The van der Waals surface area contributed by atoms with Crippen molar-refractivity contribution >= 4 is 118 Å². The minimum Gasteiger partial charge on any atom is -0.507 e. The van der Waals surface area contributed by atoms with Gasteiger partial charge in [0.05, 0.1) is 33.0 Å². The van der Waals surface area contributed by atoms with Crippen LogP contribution in [-0.2, 0) is 0 Å². The molecule has 4 aromatic rings. The summed E-state index contributed by atoms with van der Waals surface area (Å²) in [6, 6.07) is 18.6. The molecule has 4 aromatic carbocycles. The second-order valence-electron chi connectivity index (χ2n) is 12.7. The zero-order valence-electron chi connectivity index (χ0n) is 30.5. The maximum absolute atomic E-state index is 13.5. The first kappa shape index (κ1) is 48.6. The van der Waals surface area contributed by atoms with E-state index in [-0.39, 0.29) is 29.0 Å². The Bertz CT molecular complexity index is 1730. The number of ether oxygens (including phenoxy) is 3. The Morgan fingerprint density at radius 2 is 0.943 bits per heavy atom. The van der Waals surface area contributed by atoms with Crippen LogP contribution in [0.15, 0.2) is 60.7 Å². The molecular weight excluding hydrogens is 1200 g/mol. The van der Waals surface area contributed by atoms with Gasteiger partial charge in [0.2, 0.25) is 0 Å². The largest absolute Gasteiger partial charge is 0.507 e. The average Bonchev–Trinajstić information content (AvgIpc) is 3.10. The molecule has 0 unspecified atom stereocenters. The number of hydrogen-bond donors (Lipinski definition) is 1. The summed E-state index contributed by atoms with van der Waals surface area (Å²) in [6.45, 7) is 12.4. The van der Waals surface area contributed by atoms with Gasteiger partial charge in [-0.25, -0.2) is 17.6 Å². The van der Waals surface area contributed by atoms with Crippen LogP contribution in [0.5, 0.6) is 23.0 Å². The van der Waals surface area contributed by atoms with Gasteiger partial charge in [-0.1, -0.05) is 51.9 Å². The summed E-state index contributed by atoms with van der Waals surface area (Å²) in [5, 5.41) is 8.87. The van der Waals surface area contributed by atoms with Crippen molar-refractivity contribution in [3.63, 3.8) is 0 Å². The van der Waals surface area contributed by atoms with Gasteiger partial charge in [0, 0.05) is 5.50 Å². The molecular formula is C38H45ClF4I4O4Si2. The predicted octanol–water partition coefficient (Wildman–Crippen LogP) is 13.6. The summed E-state index contributed by atoms with van der Waals surface area (Å²) in [5.41, 5.74) is 2.37. The van der Waals surface area contributed by atoms with E-state index in [1.807, 2.05) is 36.4 Å². The Labute approximate surface area is 373 Å². The lowest BCUT2D eigenvalue weighted by molar-refractivity contribution is 0.336. The highest BCUT2D eigenvalue weighted by molar-refractivity contribution is 14.1. The van der Waals surface area contributed by atoms with Crippen LogP contribution in [0.4, 0.5) is 17.6 Å². The lowest BCUT2D eigenvalue weighted by Crippen LogP contribution is -2.47. The zero-order chi connectivity index (χ0) is 39.9. The van der Waals surface area contributed by atoms with Crippen molar-refractivity contribution in [2.75, 3.05) is 24.2 Å². The molecule has 0 saturated heterocycles. The lowest BCUT2D eigenvalue weighted by Gasteiger charge is -2.29. The maximum atomic E-state index is 13.5. The monoisotopic (exact) mass is 1240 g/mol. The summed E-state index contributed by atoms with van der Waals surface area (Å²) in [5.74, 6) is 1.34. The Balaban J connectivity index is 0.000000309. The highest BCUT2D eigenvalue weighted by Crippen LogP contribution is 2.31. The van der Waals surface area contributed by atoms with Gasteiger partial charge in [0.15, 0.2) is 0 Å². The van der Waals surface area contributed by atoms with Gasteiger partial charge < -0.3 is 19.3 Å². The Kier molecular flexibility index (Phi) is 21.7. The summed E-state index contributed by atoms with van der Waals surface area (Å²) in [4.78, 5) is 0. The smallest absolute Gasteiger partial charge is 0.141 e. The molecule has 0 aliphatic carbocycles. The van der Waals surface area contributed by atoms with Crippen molar-refractivity contribution < 1.29 is 36.9 Å². The fourth-order valence-electron chi connectivity index (χ4n) is 4.88. The van der Waals surface area contributed by atoms with Crippen molar-refractivity contribution in [3.8, 4) is 23.0 Å². The van der Waals surface area contributed by atoms with E-state index >= 15 is 0 Å². The number of halogens is 9. The van der Waals surface area contributed by atoms with Gasteiger partial charge in [0.25, 0.3) is 0 Å². The second kappa shape index (κ2) is 23.6. The number of alkyl halides is 1. The van der Waals surface area contributed by atoms with Crippen LogP contribution in [0.2, 0.25) is 24.2 Å². The first-order chi connectivity index (χ1) is 25.0. The highest BCUT2D eigenvalue weighted by atomic mass is 127. The molecule has 1 N–H and O–H groups in total. The van der Waals surface area contributed by atoms with Crippen molar-refractivity contribution in [2.45, 2.75) is 65.7 Å². The molecule has 0 spiro atoms. The van der Waals surface area contributed by atoms with E-state index in [0.29, 0.717) is 28.0 Å². The zero-order valence-corrected chi connectivity index (χ0v) is 41.9. The van der Waals surface area contributed by atoms with Crippen LogP contribution in [0.1, 0.15) is 38.8 Å². The number of aromatic hydroxyl groups is 1. The molecule has 0 aliphatic rings. The van der Waals surface area contributed by atoms with E-state index < -0.39 is 16.1 Å². The van der Waals surface area contributed by atoms with E-state index in [2.05, 4.69) is 95.5 Å². The number of aryl methyl sites for hydroxylation is 2. The number of phenols is 1. The third-order valence-corrected chi connectivity index (χ3v) is 22.9. The quantitative estimate of drug-likeness (QED) is 0.0592. The Morgan fingerprint density at radius 3 is 1.32 bits per heavy atom. The molecule has 4 nitrogen and oxygen atoms in total. The molecule has 4 rings (SSSR count). The molecule has 0 fully saturated rings. The maximum Gasteiger partial charge on any atom is 0.141 e. The molecule has 0 saturated carbocycles. The molecule has 15 heteroatoms. The minimum absolute atomic E-state index is 0.122. The fourth-order valence-corrected chi connectivity index (χ4v) is 13.2. The van der Waals surface area contributed by atoms with Gasteiger partial charge in [-0.15, -0.1) is 11.6 Å². The molecule has 0 atom stereocenters. The van der Waals surface area contributed by atoms with Gasteiger partial charge >= 0.3 is 0 Å². The highest BCUT2D eigenvalue weighted by Gasteiger charge is 2.33. The molecule has 0 radical (unpaired) electrons. The van der Waals surface area contributed by atoms with Crippen LogP contribution in [-0.4, -0.2) is 45.4 Å². The number of rotatable bonds is 14. The number of benzene rings is 4. The number of phenolic OH excluding ortho intramolecular Hbond substituents is 1. The lowest BCUT2D eigenvalue weighted by atomic mass is 10.2. The van der Waals surface area contributed by atoms with Crippen LogP contribution in [0, 0.1) is 51.4 Å². The topological polar surface area (TPSA) is 47.9 Å². The van der Waals surface area contributed by atoms with Gasteiger partial charge in [-0.2, -0.15) is 0 Å². The third kappa shape index (κ3) is 15.4. The summed E-state index contributed by atoms with van der Waals surface area (Å²) in [7, 11) is -3.36. The Morgan fingerprint density at radius 1 is 0.547 bits per heavy atom. The minimum atomic E-state index is -1.84. The standard InChI is InChI=1S/C19H22F2I2O2Si.C13H19ClFIOSi.C6H4FIO/c1-4-26(5-2,11-24-18-7-6-14(20)9-16(18)22)12-25-19-13(3)8-15(21)10-17(19)23;1-4-18(5-2,8-14)9-17-13-10(3)6-11(15)7-12(13)16;7-4-1-2-6(9)5(8)3-4/h6-10H,4-5,11-12H2,1-3H3;6-7H,4-5,8-9H2,1-3H3;1-3,9H. The first-order valence-corrected chi connectivity index (χ1v) is 27.4.